The minimum absolute atomic E-state index is 0.0117. The SMILES string of the molecule is CCC(C)CN(C)CC(C)(C)C(C)O. The Labute approximate surface area is 89.3 Å². The summed E-state index contributed by atoms with van der Waals surface area (Å²) in [5.74, 6) is 0.741. The maximum absolute atomic E-state index is 9.59. The summed E-state index contributed by atoms with van der Waals surface area (Å²) in [5, 5.41) is 9.59. The molecule has 0 amide bonds. The van der Waals surface area contributed by atoms with E-state index in [1.165, 1.54) is 6.42 Å². The lowest BCUT2D eigenvalue weighted by molar-refractivity contribution is 0.0379. The van der Waals surface area contributed by atoms with Crippen LogP contribution in [0.3, 0.4) is 0 Å². The Balaban J connectivity index is 3.98. The van der Waals surface area contributed by atoms with Crippen LogP contribution in [0.15, 0.2) is 0 Å². The highest BCUT2D eigenvalue weighted by molar-refractivity contribution is 4.78. The molecule has 0 bridgehead atoms. The summed E-state index contributed by atoms with van der Waals surface area (Å²) in [6.07, 6.45) is 0.973. The highest BCUT2D eigenvalue weighted by Crippen LogP contribution is 2.21. The fourth-order valence-electron chi connectivity index (χ4n) is 1.55. The first-order valence-corrected chi connectivity index (χ1v) is 5.66. The van der Waals surface area contributed by atoms with Crippen molar-refractivity contribution in [3.8, 4) is 0 Å². The van der Waals surface area contributed by atoms with Crippen LogP contribution in [-0.4, -0.2) is 36.2 Å². The molecule has 2 atom stereocenters. The minimum Gasteiger partial charge on any atom is -0.393 e. The second-order valence-electron chi connectivity index (χ2n) is 5.37. The molecule has 14 heavy (non-hydrogen) atoms. The molecule has 0 aliphatic rings. The molecule has 0 fully saturated rings. The van der Waals surface area contributed by atoms with Crippen LogP contribution >= 0.6 is 0 Å². The van der Waals surface area contributed by atoms with Gasteiger partial charge in [-0.2, -0.15) is 0 Å². The van der Waals surface area contributed by atoms with E-state index in [2.05, 4.69) is 39.6 Å². The van der Waals surface area contributed by atoms with Crippen molar-refractivity contribution in [2.24, 2.45) is 11.3 Å². The minimum atomic E-state index is -0.248. The highest BCUT2D eigenvalue weighted by atomic mass is 16.3. The van der Waals surface area contributed by atoms with E-state index in [0.717, 1.165) is 19.0 Å². The maximum atomic E-state index is 9.59. The van der Waals surface area contributed by atoms with Crippen molar-refractivity contribution in [1.82, 2.24) is 4.90 Å². The summed E-state index contributed by atoms with van der Waals surface area (Å²) < 4.78 is 0. The van der Waals surface area contributed by atoms with Crippen molar-refractivity contribution < 1.29 is 5.11 Å². The van der Waals surface area contributed by atoms with Gasteiger partial charge in [0.2, 0.25) is 0 Å². The molecule has 2 unspecified atom stereocenters. The van der Waals surface area contributed by atoms with Crippen LogP contribution in [0, 0.1) is 11.3 Å². The fourth-order valence-corrected chi connectivity index (χ4v) is 1.55. The van der Waals surface area contributed by atoms with Gasteiger partial charge in [0.05, 0.1) is 6.10 Å². The molecular formula is C12H27NO. The summed E-state index contributed by atoms with van der Waals surface area (Å²) in [6.45, 7) is 12.7. The lowest BCUT2D eigenvalue weighted by atomic mass is 9.87. The monoisotopic (exact) mass is 201 g/mol. The summed E-state index contributed by atoms with van der Waals surface area (Å²) in [4.78, 5) is 2.32. The van der Waals surface area contributed by atoms with Gasteiger partial charge in [0, 0.05) is 18.5 Å². The first kappa shape index (κ1) is 13.9. The molecule has 0 saturated heterocycles. The van der Waals surface area contributed by atoms with Gasteiger partial charge in [0.1, 0.15) is 0 Å². The van der Waals surface area contributed by atoms with E-state index in [0.29, 0.717) is 0 Å². The van der Waals surface area contributed by atoms with Gasteiger partial charge in [-0.05, 0) is 19.9 Å². The number of rotatable bonds is 6. The fraction of sp³-hybridized carbons (Fsp3) is 1.00. The Morgan fingerprint density at radius 3 is 2.14 bits per heavy atom. The quantitative estimate of drug-likeness (QED) is 0.713. The molecule has 1 N–H and O–H groups in total. The number of aliphatic hydroxyl groups is 1. The molecule has 0 spiro atoms. The first-order valence-electron chi connectivity index (χ1n) is 5.66. The van der Waals surface area contributed by atoms with E-state index < -0.39 is 0 Å². The molecular weight excluding hydrogens is 174 g/mol. The molecule has 0 aliphatic carbocycles. The van der Waals surface area contributed by atoms with Gasteiger partial charge in [-0.15, -0.1) is 0 Å². The predicted octanol–water partition coefficient (Wildman–Crippen LogP) is 2.37. The van der Waals surface area contributed by atoms with Crippen molar-refractivity contribution >= 4 is 0 Å². The van der Waals surface area contributed by atoms with Crippen LogP contribution in [0.5, 0.6) is 0 Å². The number of aliphatic hydroxyl groups excluding tert-OH is 1. The van der Waals surface area contributed by atoms with E-state index in [9.17, 15) is 5.11 Å². The smallest absolute Gasteiger partial charge is 0.0575 e. The Kier molecular flexibility index (Phi) is 5.68. The molecule has 0 aromatic rings. The van der Waals surface area contributed by atoms with Crippen molar-refractivity contribution in [3.63, 3.8) is 0 Å². The molecule has 0 rings (SSSR count). The third kappa shape index (κ3) is 4.97. The van der Waals surface area contributed by atoms with Gasteiger partial charge in [-0.25, -0.2) is 0 Å². The summed E-state index contributed by atoms with van der Waals surface area (Å²) >= 11 is 0. The number of hydrogen-bond donors (Lipinski definition) is 1. The zero-order valence-corrected chi connectivity index (χ0v) is 10.7. The Bertz CT molecular complexity index is 154. The third-order valence-corrected chi connectivity index (χ3v) is 3.13. The normalized spacial score (nSPS) is 17.1. The first-order chi connectivity index (χ1) is 6.29. The van der Waals surface area contributed by atoms with Gasteiger partial charge in [0.25, 0.3) is 0 Å². The summed E-state index contributed by atoms with van der Waals surface area (Å²) in [7, 11) is 2.14. The molecule has 86 valence electrons. The Morgan fingerprint density at radius 2 is 1.79 bits per heavy atom. The topological polar surface area (TPSA) is 23.5 Å². The van der Waals surface area contributed by atoms with E-state index >= 15 is 0 Å². The van der Waals surface area contributed by atoms with Crippen LogP contribution < -0.4 is 0 Å². The standard InChI is InChI=1S/C12H27NO/c1-7-10(2)8-13(6)9-12(4,5)11(3)14/h10-11,14H,7-9H2,1-6H3. The van der Waals surface area contributed by atoms with Crippen LogP contribution in [0.25, 0.3) is 0 Å². The highest BCUT2D eigenvalue weighted by Gasteiger charge is 2.25. The average molecular weight is 201 g/mol. The second-order valence-corrected chi connectivity index (χ2v) is 5.37. The molecule has 0 radical (unpaired) electrons. The third-order valence-electron chi connectivity index (χ3n) is 3.13. The molecule has 0 saturated carbocycles. The van der Waals surface area contributed by atoms with E-state index in [1.807, 2.05) is 6.92 Å². The maximum Gasteiger partial charge on any atom is 0.0575 e. The van der Waals surface area contributed by atoms with Gasteiger partial charge < -0.3 is 10.0 Å². The average Bonchev–Trinajstić information content (AvgIpc) is 2.02. The van der Waals surface area contributed by atoms with Gasteiger partial charge >= 0.3 is 0 Å². The lowest BCUT2D eigenvalue weighted by Crippen LogP contribution is -2.40. The van der Waals surface area contributed by atoms with Crippen LogP contribution in [0.2, 0.25) is 0 Å². The van der Waals surface area contributed by atoms with Crippen molar-refractivity contribution in [2.75, 3.05) is 20.1 Å². The molecule has 2 heteroatoms. The molecule has 0 aromatic heterocycles. The van der Waals surface area contributed by atoms with Crippen LogP contribution in [-0.2, 0) is 0 Å². The zero-order valence-electron chi connectivity index (χ0n) is 10.7. The van der Waals surface area contributed by atoms with Gasteiger partial charge in [-0.1, -0.05) is 34.1 Å². The van der Waals surface area contributed by atoms with Crippen molar-refractivity contribution in [1.29, 1.82) is 0 Å². The van der Waals surface area contributed by atoms with Gasteiger partial charge in [-0.3, -0.25) is 0 Å². The van der Waals surface area contributed by atoms with E-state index in [1.54, 1.807) is 0 Å². The van der Waals surface area contributed by atoms with Crippen LogP contribution in [0.1, 0.15) is 41.0 Å². The summed E-state index contributed by atoms with van der Waals surface area (Å²) in [6, 6.07) is 0. The molecule has 0 aromatic carbocycles. The van der Waals surface area contributed by atoms with Crippen molar-refractivity contribution in [3.05, 3.63) is 0 Å². The van der Waals surface area contributed by atoms with E-state index in [-0.39, 0.29) is 11.5 Å². The molecule has 0 heterocycles. The molecule has 0 aliphatic heterocycles. The number of hydrogen-bond acceptors (Lipinski definition) is 2. The Morgan fingerprint density at radius 1 is 1.29 bits per heavy atom. The van der Waals surface area contributed by atoms with Crippen molar-refractivity contribution in [2.45, 2.75) is 47.1 Å². The Hall–Kier alpha value is -0.0800. The summed E-state index contributed by atoms with van der Waals surface area (Å²) in [5.41, 5.74) is -0.0117. The zero-order chi connectivity index (χ0) is 11.4. The van der Waals surface area contributed by atoms with Crippen LogP contribution in [0.4, 0.5) is 0 Å². The second kappa shape index (κ2) is 5.72. The lowest BCUT2D eigenvalue weighted by Gasteiger charge is -2.33. The van der Waals surface area contributed by atoms with Gasteiger partial charge in [0.15, 0.2) is 0 Å². The predicted molar refractivity (Wildman–Crippen MR) is 62.4 cm³/mol. The number of nitrogens with zero attached hydrogens (tertiary/aromatic N) is 1. The molecule has 2 nitrogen and oxygen atoms in total. The van der Waals surface area contributed by atoms with E-state index in [4.69, 9.17) is 0 Å². The largest absolute Gasteiger partial charge is 0.393 e.